The van der Waals surface area contributed by atoms with Crippen LogP contribution >= 0.6 is 11.6 Å². The number of carboxylic acids is 1. The molecular formula is C22H27ClN2O3. The Hall–Kier alpha value is -2.01. The second-order valence-electron chi connectivity index (χ2n) is 8.40. The second-order valence-corrected chi connectivity index (χ2v) is 8.81. The van der Waals surface area contributed by atoms with E-state index in [-0.39, 0.29) is 17.7 Å². The van der Waals surface area contributed by atoms with Crippen LogP contribution in [-0.2, 0) is 9.59 Å². The summed E-state index contributed by atoms with van der Waals surface area (Å²) in [5, 5.41) is 10.6. The molecule has 1 aliphatic heterocycles. The largest absolute Gasteiger partial charge is 0.481 e. The van der Waals surface area contributed by atoms with E-state index in [9.17, 15) is 14.7 Å². The Kier molecular flexibility index (Phi) is 5.13. The van der Waals surface area contributed by atoms with Crippen molar-refractivity contribution in [3.8, 4) is 0 Å². The highest BCUT2D eigenvalue weighted by Crippen LogP contribution is 2.57. The van der Waals surface area contributed by atoms with Crippen molar-refractivity contribution >= 4 is 29.2 Å². The number of fused-ring (bicyclic) bond motifs is 2. The minimum absolute atomic E-state index is 0.0251. The first-order valence-corrected chi connectivity index (χ1v) is 10.5. The van der Waals surface area contributed by atoms with Crippen molar-refractivity contribution in [2.24, 2.45) is 23.7 Å². The number of aliphatic carboxylic acids is 1. The zero-order valence-corrected chi connectivity index (χ0v) is 17.2. The van der Waals surface area contributed by atoms with Crippen LogP contribution in [0, 0.1) is 23.7 Å². The number of carbonyl (C=O) groups excluding carboxylic acids is 1. The summed E-state index contributed by atoms with van der Waals surface area (Å²) < 4.78 is 0. The molecule has 150 valence electrons. The number of benzene rings is 1. The van der Waals surface area contributed by atoms with Crippen LogP contribution in [0.15, 0.2) is 35.4 Å². The van der Waals surface area contributed by atoms with Crippen LogP contribution in [-0.4, -0.2) is 48.1 Å². The van der Waals surface area contributed by atoms with Crippen molar-refractivity contribution in [2.45, 2.75) is 26.7 Å². The average molecular weight is 403 g/mol. The maximum atomic E-state index is 13.4. The predicted octanol–water partition coefficient (Wildman–Crippen LogP) is 3.68. The zero-order valence-electron chi connectivity index (χ0n) is 16.4. The van der Waals surface area contributed by atoms with E-state index in [1.165, 1.54) is 11.1 Å². The van der Waals surface area contributed by atoms with Crippen LogP contribution in [0.5, 0.6) is 0 Å². The number of hydrogen-bond donors (Lipinski definition) is 1. The van der Waals surface area contributed by atoms with Gasteiger partial charge >= 0.3 is 5.97 Å². The fraction of sp³-hybridized carbons (Fsp3) is 0.545. The molecule has 6 heteroatoms. The molecule has 1 amide bonds. The molecule has 1 aromatic carbocycles. The van der Waals surface area contributed by atoms with Gasteiger partial charge in [-0.25, -0.2) is 0 Å². The number of rotatable bonds is 3. The highest BCUT2D eigenvalue weighted by atomic mass is 35.5. The number of carbonyl (C=O) groups is 2. The molecule has 1 saturated heterocycles. The molecule has 4 atom stereocenters. The van der Waals surface area contributed by atoms with E-state index in [1.807, 2.05) is 29.2 Å². The molecule has 0 radical (unpaired) electrons. The molecule has 0 unspecified atom stereocenters. The summed E-state index contributed by atoms with van der Waals surface area (Å²) >= 11 is 6.31. The van der Waals surface area contributed by atoms with E-state index in [2.05, 4.69) is 18.7 Å². The van der Waals surface area contributed by atoms with Crippen LogP contribution < -0.4 is 4.90 Å². The quantitative estimate of drug-likeness (QED) is 0.783. The third-order valence-electron chi connectivity index (χ3n) is 6.77. The lowest BCUT2D eigenvalue weighted by molar-refractivity contribution is -0.153. The van der Waals surface area contributed by atoms with Gasteiger partial charge in [0.25, 0.3) is 0 Å². The Morgan fingerprint density at radius 3 is 2.18 bits per heavy atom. The van der Waals surface area contributed by atoms with Crippen molar-refractivity contribution in [3.05, 3.63) is 40.4 Å². The van der Waals surface area contributed by atoms with Gasteiger partial charge in [-0.1, -0.05) is 34.9 Å². The van der Waals surface area contributed by atoms with Crippen molar-refractivity contribution in [1.29, 1.82) is 0 Å². The van der Waals surface area contributed by atoms with Crippen LogP contribution in [0.4, 0.5) is 5.69 Å². The van der Waals surface area contributed by atoms with Gasteiger partial charge in [0.15, 0.2) is 0 Å². The van der Waals surface area contributed by atoms with Gasteiger partial charge in [0, 0.05) is 26.2 Å². The van der Waals surface area contributed by atoms with Crippen LogP contribution in [0.2, 0.25) is 5.02 Å². The lowest BCUT2D eigenvalue weighted by Crippen LogP contribution is -2.52. The Balaban J connectivity index is 1.50. The number of piperazine rings is 1. The zero-order chi connectivity index (χ0) is 20.0. The van der Waals surface area contributed by atoms with Crippen LogP contribution in [0.3, 0.4) is 0 Å². The van der Waals surface area contributed by atoms with E-state index in [0.717, 1.165) is 23.6 Å². The summed E-state index contributed by atoms with van der Waals surface area (Å²) in [4.78, 5) is 29.5. The minimum Gasteiger partial charge on any atom is -0.481 e. The summed E-state index contributed by atoms with van der Waals surface area (Å²) in [6, 6.07) is 7.75. The standard InChI is InChI=1S/C22H27ClN2O3/c1-13(2)18-14-7-8-15(18)20(22(27)28)19(14)21(26)25-11-9-24(10-12-25)17-6-4-3-5-16(17)23/h3-6,14-15,19-20H,7-12H2,1-2H3,(H,27,28)/t14-,15-,19+,20-/m0/s1. The average Bonchev–Trinajstić information content (AvgIpc) is 3.24. The molecule has 1 heterocycles. The number of hydrogen-bond acceptors (Lipinski definition) is 3. The topological polar surface area (TPSA) is 60.9 Å². The number of allylic oxidation sites excluding steroid dienone is 2. The first-order valence-electron chi connectivity index (χ1n) is 10.1. The Bertz CT molecular complexity index is 825. The molecule has 5 nitrogen and oxygen atoms in total. The molecule has 2 saturated carbocycles. The molecule has 1 aromatic rings. The van der Waals surface area contributed by atoms with Gasteiger partial charge in [-0.3, -0.25) is 9.59 Å². The van der Waals surface area contributed by atoms with Crippen molar-refractivity contribution in [1.82, 2.24) is 4.90 Å². The molecule has 0 aromatic heterocycles. The summed E-state index contributed by atoms with van der Waals surface area (Å²) in [6.07, 6.45) is 1.83. The lowest BCUT2D eigenvalue weighted by Gasteiger charge is -2.39. The molecule has 3 aliphatic rings. The SMILES string of the molecule is CC(C)=C1[C@@H]2CC[C@@H]1[C@@H](C(=O)N1CCN(c3ccccc3Cl)CC1)[C@H]2C(=O)O. The number of para-hydroxylation sites is 1. The molecule has 2 bridgehead atoms. The molecule has 3 fully saturated rings. The highest BCUT2D eigenvalue weighted by Gasteiger charge is 2.58. The Morgan fingerprint density at radius 1 is 1.00 bits per heavy atom. The third-order valence-corrected chi connectivity index (χ3v) is 7.09. The molecule has 2 aliphatic carbocycles. The number of amides is 1. The van der Waals surface area contributed by atoms with E-state index >= 15 is 0 Å². The molecule has 1 N–H and O–H groups in total. The van der Waals surface area contributed by atoms with Gasteiger partial charge in [-0.05, 0) is 50.7 Å². The van der Waals surface area contributed by atoms with Crippen LogP contribution in [0.25, 0.3) is 0 Å². The summed E-state index contributed by atoms with van der Waals surface area (Å²) in [5.41, 5.74) is 3.42. The number of carboxylic acid groups (broad SMARTS) is 1. The maximum absolute atomic E-state index is 13.4. The fourth-order valence-corrected chi connectivity index (χ4v) is 5.93. The van der Waals surface area contributed by atoms with E-state index in [1.54, 1.807) is 0 Å². The van der Waals surface area contributed by atoms with Gasteiger partial charge < -0.3 is 14.9 Å². The van der Waals surface area contributed by atoms with Gasteiger partial charge in [0.1, 0.15) is 0 Å². The van der Waals surface area contributed by atoms with Crippen molar-refractivity contribution in [3.63, 3.8) is 0 Å². The summed E-state index contributed by atoms with van der Waals surface area (Å²) in [7, 11) is 0. The van der Waals surface area contributed by atoms with Crippen LogP contribution in [0.1, 0.15) is 26.7 Å². The smallest absolute Gasteiger partial charge is 0.307 e. The van der Waals surface area contributed by atoms with Gasteiger partial charge in [-0.2, -0.15) is 0 Å². The predicted molar refractivity (Wildman–Crippen MR) is 109 cm³/mol. The highest BCUT2D eigenvalue weighted by molar-refractivity contribution is 6.33. The summed E-state index contributed by atoms with van der Waals surface area (Å²) in [5.74, 6) is -1.64. The van der Waals surface area contributed by atoms with Gasteiger partial charge in [0.2, 0.25) is 5.91 Å². The van der Waals surface area contributed by atoms with E-state index < -0.39 is 17.8 Å². The minimum atomic E-state index is -0.820. The van der Waals surface area contributed by atoms with Crippen molar-refractivity contribution < 1.29 is 14.7 Å². The van der Waals surface area contributed by atoms with E-state index in [0.29, 0.717) is 26.2 Å². The third kappa shape index (κ3) is 3.10. The lowest BCUT2D eigenvalue weighted by atomic mass is 9.78. The monoisotopic (exact) mass is 402 g/mol. The fourth-order valence-electron chi connectivity index (χ4n) is 5.67. The van der Waals surface area contributed by atoms with Crippen molar-refractivity contribution in [2.75, 3.05) is 31.1 Å². The first kappa shape index (κ1) is 19.3. The Morgan fingerprint density at radius 2 is 1.61 bits per heavy atom. The summed E-state index contributed by atoms with van der Waals surface area (Å²) in [6.45, 7) is 6.74. The molecule has 28 heavy (non-hydrogen) atoms. The van der Waals surface area contributed by atoms with Gasteiger partial charge in [-0.15, -0.1) is 0 Å². The molecular weight excluding hydrogens is 376 g/mol. The van der Waals surface area contributed by atoms with Gasteiger partial charge in [0.05, 0.1) is 22.5 Å². The Labute approximate surface area is 171 Å². The second kappa shape index (κ2) is 7.43. The number of anilines is 1. The van der Waals surface area contributed by atoms with E-state index in [4.69, 9.17) is 11.6 Å². The maximum Gasteiger partial charge on any atom is 0.307 e. The normalized spacial score (nSPS) is 29.3. The molecule has 0 spiro atoms. The molecule has 4 rings (SSSR count). The number of halogens is 1. The number of nitrogens with zero attached hydrogens (tertiary/aromatic N) is 2. The first-order chi connectivity index (χ1) is 13.4.